The third-order valence-corrected chi connectivity index (χ3v) is 3.98. The molecule has 0 bridgehead atoms. The second-order valence-corrected chi connectivity index (χ2v) is 5.80. The van der Waals surface area contributed by atoms with E-state index < -0.39 is 29.0 Å². The number of alkyl halides is 3. The molecule has 0 unspecified atom stereocenters. The first-order chi connectivity index (χ1) is 11.8. The fraction of sp³-hybridized carbons (Fsp3) is 0.444. The number of carbonyl (C=O) groups is 1. The number of hydrogen-bond donors (Lipinski definition) is 2. The first-order valence-electron chi connectivity index (χ1n) is 8.06. The number of carboxylic acid groups (broad SMARTS) is 1. The number of aliphatic imine (C=N–C) groups is 1. The van der Waals surface area contributed by atoms with E-state index in [9.17, 15) is 18.0 Å². The number of benzene rings is 1. The van der Waals surface area contributed by atoms with E-state index in [0.29, 0.717) is 6.07 Å². The van der Waals surface area contributed by atoms with Gasteiger partial charge in [-0.3, -0.25) is 6.08 Å². The maximum atomic E-state index is 12.2. The summed E-state index contributed by atoms with van der Waals surface area (Å²) in [5.74, 6) is -2.71. The molecule has 1 aliphatic heterocycles. The Hall–Kier alpha value is -1.62. The number of rotatable bonds is 2. The monoisotopic (exact) mass is 549 g/mol. The van der Waals surface area contributed by atoms with E-state index >= 15 is 0 Å². The van der Waals surface area contributed by atoms with E-state index in [4.69, 9.17) is 10.2 Å². The van der Waals surface area contributed by atoms with Gasteiger partial charge in [0, 0.05) is 27.6 Å². The topological polar surface area (TPSA) is 69.9 Å². The summed E-state index contributed by atoms with van der Waals surface area (Å²) < 4.78 is 36.6. The number of aromatic carboxylic acids is 1. The van der Waals surface area contributed by atoms with Crippen molar-refractivity contribution in [3.05, 3.63) is 41.0 Å². The third kappa shape index (κ3) is 5.97. The van der Waals surface area contributed by atoms with Gasteiger partial charge in [0.15, 0.2) is 0 Å². The molecule has 2 aliphatic rings. The zero-order valence-electron chi connectivity index (χ0n) is 13.9. The molecule has 1 aromatic rings. The molecule has 1 aliphatic carbocycles. The number of nitrogens with zero attached hydrogens (tertiary/aromatic N) is 1. The first kappa shape index (κ1) is 22.4. The molecule has 0 aromatic heterocycles. The van der Waals surface area contributed by atoms with Crippen molar-refractivity contribution in [1.82, 2.24) is 0 Å². The van der Waals surface area contributed by atoms with Crippen LogP contribution in [0.3, 0.4) is 0 Å². The van der Waals surface area contributed by atoms with Crippen LogP contribution in [0, 0.1) is 6.08 Å². The molecule has 0 amide bonds. The standard InChI is InChI=1S/C10H14N.C8H5F3O3.Pt/c1-2-5-9(6-3-1)10-7-4-8-11-10;9-8(10,11)4-2-1-3-5(12)6(4)7(13)14;/h1-5,7-8H2;1-3,12H,(H,13,14);/q-1;;. The number of carboxylic acids is 1. The summed E-state index contributed by atoms with van der Waals surface area (Å²) >= 11 is 0. The van der Waals surface area contributed by atoms with E-state index in [1.54, 1.807) is 0 Å². The molecule has 146 valence electrons. The molecule has 8 heteroatoms. The average molecular weight is 549 g/mol. The molecule has 0 saturated carbocycles. The van der Waals surface area contributed by atoms with Crippen molar-refractivity contribution in [1.29, 1.82) is 0 Å². The normalized spacial score (nSPS) is 16.6. The number of phenols is 1. The molecule has 26 heavy (non-hydrogen) atoms. The fourth-order valence-corrected chi connectivity index (χ4v) is 2.79. The van der Waals surface area contributed by atoms with Crippen LogP contribution in [0.2, 0.25) is 0 Å². The smallest absolute Gasteiger partial charge is 0.417 e. The first-order valence-corrected chi connectivity index (χ1v) is 8.06. The minimum Gasteiger partial charge on any atom is -0.507 e. The van der Waals surface area contributed by atoms with Crippen LogP contribution in [-0.2, 0) is 27.2 Å². The molecule has 0 saturated heterocycles. The van der Waals surface area contributed by atoms with Crippen LogP contribution in [0.25, 0.3) is 0 Å². The van der Waals surface area contributed by atoms with Crippen LogP contribution >= 0.6 is 0 Å². The molecule has 1 heterocycles. The van der Waals surface area contributed by atoms with Gasteiger partial charge in [-0.2, -0.15) is 13.2 Å². The van der Waals surface area contributed by atoms with Crippen LogP contribution in [0.4, 0.5) is 13.2 Å². The van der Waals surface area contributed by atoms with Gasteiger partial charge in [-0.05, 0) is 18.6 Å². The molecule has 0 atom stereocenters. The Balaban J connectivity index is 0.000000256. The Morgan fingerprint density at radius 3 is 2.35 bits per heavy atom. The SMILES string of the molecule is O=C(O)c1c(O)cccc1C(F)(F)F.[C-]1=C(C2=NCCC2)CCCC1.[Pt]. The molecule has 1 aromatic carbocycles. The molecule has 0 radical (unpaired) electrons. The summed E-state index contributed by atoms with van der Waals surface area (Å²) in [5, 5.41) is 17.4. The van der Waals surface area contributed by atoms with Crippen molar-refractivity contribution >= 4 is 11.7 Å². The molecule has 4 nitrogen and oxygen atoms in total. The third-order valence-electron chi connectivity index (χ3n) is 3.98. The second-order valence-electron chi connectivity index (χ2n) is 5.80. The van der Waals surface area contributed by atoms with Crippen LogP contribution in [0.1, 0.15) is 54.4 Å². The summed E-state index contributed by atoms with van der Waals surface area (Å²) in [4.78, 5) is 14.9. The molecule has 0 fully saturated rings. The number of aromatic hydroxyl groups is 1. The summed E-state index contributed by atoms with van der Waals surface area (Å²) in [7, 11) is 0. The Morgan fingerprint density at radius 1 is 1.15 bits per heavy atom. The summed E-state index contributed by atoms with van der Waals surface area (Å²) in [6.45, 7) is 1.06. The quantitative estimate of drug-likeness (QED) is 0.529. The second kappa shape index (κ2) is 9.91. The fourth-order valence-electron chi connectivity index (χ4n) is 2.79. The van der Waals surface area contributed by atoms with Gasteiger partial charge >= 0.3 is 12.1 Å². The molecule has 2 N–H and O–H groups in total. The van der Waals surface area contributed by atoms with Crippen molar-refractivity contribution in [2.75, 3.05) is 6.54 Å². The van der Waals surface area contributed by atoms with Gasteiger partial charge < -0.3 is 15.2 Å². The van der Waals surface area contributed by atoms with Crippen LogP contribution in [0.5, 0.6) is 5.75 Å². The van der Waals surface area contributed by atoms with E-state index in [1.165, 1.54) is 43.4 Å². The summed E-state index contributed by atoms with van der Waals surface area (Å²) in [6, 6.07) is 2.42. The van der Waals surface area contributed by atoms with E-state index in [-0.39, 0.29) is 21.1 Å². The van der Waals surface area contributed by atoms with Crippen molar-refractivity contribution in [3.63, 3.8) is 0 Å². The number of hydrogen-bond acceptors (Lipinski definition) is 3. The maximum Gasteiger partial charge on any atom is 0.417 e. The average Bonchev–Trinajstić information content (AvgIpc) is 3.09. The Bertz CT molecular complexity index is 699. The molecule has 0 spiro atoms. The zero-order chi connectivity index (χ0) is 18.4. The van der Waals surface area contributed by atoms with Crippen molar-refractivity contribution in [3.8, 4) is 5.75 Å². The Labute approximate surface area is 164 Å². The van der Waals surface area contributed by atoms with E-state index in [2.05, 4.69) is 11.1 Å². The van der Waals surface area contributed by atoms with E-state index in [0.717, 1.165) is 25.1 Å². The van der Waals surface area contributed by atoms with Crippen molar-refractivity contribution in [2.45, 2.75) is 44.7 Å². The largest absolute Gasteiger partial charge is 0.507 e. The van der Waals surface area contributed by atoms with Gasteiger partial charge in [0.25, 0.3) is 0 Å². The van der Waals surface area contributed by atoms with E-state index in [1.807, 2.05) is 0 Å². The van der Waals surface area contributed by atoms with Gasteiger partial charge in [0.2, 0.25) is 0 Å². The van der Waals surface area contributed by atoms with Gasteiger partial charge in [0.1, 0.15) is 11.3 Å². The minimum atomic E-state index is -4.79. The Kier molecular flexibility index (Phi) is 8.54. The van der Waals surface area contributed by atoms with Crippen LogP contribution in [-0.4, -0.2) is 28.4 Å². The number of allylic oxidation sites excluding steroid dienone is 2. The summed E-state index contributed by atoms with van der Waals surface area (Å²) in [6.07, 6.45) is 6.21. The predicted octanol–water partition coefficient (Wildman–Crippen LogP) is 4.63. The molecule has 3 rings (SSSR count). The maximum absolute atomic E-state index is 12.2. The number of halogens is 3. The zero-order valence-corrected chi connectivity index (χ0v) is 16.2. The van der Waals surface area contributed by atoms with Crippen molar-refractivity contribution < 1.29 is 49.2 Å². The van der Waals surface area contributed by atoms with Gasteiger partial charge in [-0.1, -0.05) is 31.7 Å². The van der Waals surface area contributed by atoms with Gasteiger partial charge in [-0.15, -0.1) is 12.1 Å². The minimum absolute atomic E-state index is 0. The molecular weight excluding hydrogens is 530 g/mol. The predicted molar refractivity (Wildman–Crippen MR) is 86.8 cm³/mol. The Morgan fingerprint density at radius 2 is 1.88 bits per heavy atom. The van der Waals surface area contributed by atoms with Crippen LogP contribution in [0.15, 0.2) is 28.8 Å². The summed E-state index contributed by atoms with van der Waals surface area (Å²) in [5.41, 5.74) is 0.323. The van der Waals surface area contributed by atoms with Crippen LogP contribution < -0.4 is 0 Å². The van der Waals surface area contributed by atoms with Gasteiger partial charge in [-0.25, -0.2) is 10.4 Å². The van der Waals surface area contributed by atoms with Gasteiger partial charge in [0.05, 0.1) is 5.56 Å². The molecular formula is C18H19F3NO3Pt-. The van der Waals surface area contributed by atoms with Crippen molar-refractivity contribution in [2.24, 2.45) is 4.99 Å².